The first-order valence-corrected chi connectivity index (χ1v) is 6.84. The van der Waals surface area contributed by atoms with Crippen LogP contribution in [0.2, 0.25) is 0 Å². The van der Waals surface area contributed by atoms with Crippen LogP contribution in [0.1, 0.15) is 20.3 Å². The van der Waals surface area contributed by atoms with Crippen LogP contribution >= 0.6 is 0 Å². The fourth-order valence-corrected chi connectivity index (χ4v) is 2.31. The van der Waals surface area contributed by atoms with Crippen molar-refractivity contribution in [3.05, 3.63) is 47.1 Å². The Morgan fingerprint density at radius 1 is 1.24 bits per heavy atom. The first-order chi connectivity index (χ1) is 9.95. The first-order valence-electron chi connectivity index (χ1n) is 6.84. The topological polar surface area (TPSA) is 83.5 Å². The minimum Gasteiger partial charge on any atom is -0.480 e. The molecule has 0 aromatic rings. The molecule has 5 nitrogen and oxygen atoms in total. The third-order valence-electron chi connectivity index (χ3n) is 3.78. The summed E-state index contributed by atoms with van der Waals surface area (Å²) >= 11 is 0. The van der Waals surface area contributed by atoms with Crippen LogP contribution in [0.3, 0.4) is 0 Å². The highest BCUT2D eigenvalue weighted by Crippen LogP contribution is 2.30. The maximum atomic E-state index is 12.3. The molecule has 2 rings (SSSR count). The van der Waals surface area contributed by atoms with Gasteiger partial charge < -0.3 is 10.4 Å². The number of hydrogen-bond donors (Lipinski definition) is 2. The minimum absolute atomic E-state index is 0.150. The van der Waals surface area contributed by atoms with Crippen LogP contribution in [0.4, 0.5) is 0 Å². The van der Waals surface area contributed by atoms with Crippen LogP contribution in [0.25, 0.3) is 0 Å². The zero-order valence-corrected chi connectivity index (χ0v) is 11.9. The van der Waals surface area contributed by atoms with Gasteiger partial charge in [0.1, 0.15) is 6.04 Å². The molecule has 0 aromatic carbocycles. The van der Waals surface area contributed by atoms with Gasteiger partial charge in [-0.15, -0.1) is 0 Å². The predicted molar refractivity (Wildman–Crippen MR) is 77.4 cm³/mol. The van der Waals surface area contributed by atoms with E-state index in [-0.39, 0.29) is 11.7 Å². The summed E-state index contributed by atoms with van der Waals surface area (Å²) in [5, 5.41) is 11.8. The number of amides is 1. The number of carbonyl (C=O) groups is 3. The molecule has 0 aromatic heterocycles. The lowest BCUT2D eigenvalue weighted by Crippen LogP contribution is -2.45. The van der Waals surface area contributed by atoms with Gasteiger partial charge >= 0.3 is 5.97 Å². The standard InChI is InChI=1S/C16H17NO4/c1-3-9(2)14(16(20)21)17-15(19)12-8-7-11-10(12)5-4-6-13(11)18/h4-9,14H,3H2,1-2H3,(H,17,19)(H,20,21)/t9-,14-/m0/s1. The van der Waals surface area contributed by atoms with Crippen LogP contribution in [0.15, 0.2) is 47.1 Å². The van der Waals surface area contributed by atoms with E-state index in [0.717, 1.165) is 0 Å². The Kier molecular flexibility index (Phi) is 4.21. The summed E-state index contributed by atoms with van der Waals surface area (Å²) in [5.74, 6) is -1.85. The smallest absolute Gasteiger partial charge is 0.326 e. The van der Waals surface area contributed by atoms with Crippen molar-refractivity contribution in [3.63, 3.8) is 0 Å². The third-order valence-corrected chi connectivity index (χ3v) is 3.78. The van der Waals surface area contributed by atoms with E-state index < -0.39 is 17.9 Å². The van der Waals surface area contributed by atoms with Gasteiger partial charge in [0.25, 0.3) is 5.91 Å². The van der Waals surface area contributed by atoms with E-state index in [0.29, 0.717) is 23.1 Å². The molecule has 1 amide bonds. The van der Waals surface area contributed by atoms with E-state index in [4.69, 9.17) is 0 Å². The molecule has 5 heteroatoms. The Labute approximate surface area is 122 Å². The summed E-state index contributed by atoms with van der Waals surface area (Å²) < 4.78 is 0. The summed E-state index contributed by atoms with van der Waals surface area (Å²) in [6.45, 7) is 3.65. The number of hydrogen-bond acceptors (Lipinski definition) is 3. The van der Waals surface area contributed by atoms with Crippen LogP contribution in [0, 0.1) is 5.92 Å². The van der Waals surface area contributed by atoms with Crippen molar-refractivity contribution in [1.82, 2.24) is 5.32 Å². The lowest BCUT2D eigenvalue weighted by molar-refractivity contribution is -0.142. The molecule has 0 heterocycles. The highest BCUT2D eigenvalue weighted by atomic mass is 16.4. The Bertz CT molecular complexity index is 622. The molecule has 21 heavy (non-hydrogen) atoms. The number of rotatable bonds is 5. The molecule has 2 aliphatic rings. The summed E-state index contributed by atoms with van der Waals surface area (Å²) in [6.07, 6.45) is 8.49. The van der Waals surface area contributed by atoms with Crippen LogP contribution < -0.4 is 5.32 Å². The molecule has 0 aliphatic heterocycles. The van der Waals surface area contributed by atoms with Gasteiger partial charge in [-0.3, -0.25) is 9.59 Å². The van der Waals surface area contributed by atoms with Crippen molar-refractivity contribution >= 4 is 17.7 Å². The van der Waals surface area contributed by atoms with Gasteiger partial charge in [-0.05, 0) is 29.7 Å². The van der Waals surface area contributed by atoms with E-state index in [1.54, 1.807) is 31.2 Å². The van der Waals surface area contributed by atoms with Crippen molar-refractivity contribution in [2.45, 2.75) is 26.3 Å². The van der Waals surface area contributed by atoms with E-state index >= 15 is 0 Å². The van der Waals surface area contributed by atoms with E-state index in [1.165, 1.54) is 6.08 Å². The Hall–Kier alpha value is -2.43. The number of carboxylic acid groups (broad SMARTS) is 1. The summed E-state index contributed by atoms with van der Waals surface area (Å²) in [5.41, 5.74) is 1.35. The second-order valence-corrected chi connectivity index (χ2v) is 5.14. The zero-order chi connectivity index (χ0) is 15.6. The molecule has 0 saturated heterocycles. The number of carbonyl (C=O) groups excluding carboxylic acids is 2. The summed E-state index contributed by atoms with van der Waals surface area (Å²) in [4.78, 5) is 35.2. The third kappa shape index (κ3) is 2.86. The van der Waals surface area contributed by atoms with Crippen molar-refractivity contribution in [1.29, 1.82) is 0 Å². The number of nitrogens with one attached hydrogen (secondary N) is 1. The Balaban J connectivity index is 2.15. The molecule has 0 bridgehead atoms. The lowest BCUT2D eigenvalue weighted by Gasteiger charge is -2.21. The first kappa shape index (κ1) is 15.0. The maximum absolute atomic E-state index is 12.3. The van der Waals surface area contributed by atoms with Crippen LogP contribution in [0.5, 0.6) is 0 Å². The molecule has 2 N–H and O–H groups in total. The fourth-order valence-electron chi connectivity index (χ4n) is 2.31. The Morgan fingerprint density at radius 2 is 1.95 bits per heavy atom. The number of aliphatic carboxylic acids is 1. The van der Waals surface area contributed by atoms with E-state index in [9.17, 15) is 19.5 Å². The second-order valence-electron chi connectivity index (χ2n) is 5.14. The quantitative estimate of drug-likeness (QED) is 0.803. The molecule has 0 saturated carbocycles. The number of allylic oxidation sites excluding steroid dienone is 6. The van der Waals surface area contributed by atoms with Crippen molar-refractivity contribution in [3.8, 4) is 0 Å². The summed E-state index contributed by atoms with van der Waals surface area (Å²) in [6, 6.07) is -0.942. The van der Waals surface area contributed by atoms with Gasteiger partial charge in [0.15, 0.2) is 5.78 Å². The van der Waals surface area contributed by atoms with E-state index in [1.807, 2.05) is 6.92 Å². The molecule has 0 unspecified atom stereocenters. The Morgan fingerprint density at radius 3 is 2.57 bits per heavy atom. The van der Waals surface area contributed by atoms with Gasteiger partial charge in [0.2, 0.25) is 0 Å². The monoisotopic (exact) mass is 287 g/mol. The molecule has 2 aliphatic carbocycles. The SMILES string of the molecule is CC[C@H](C)[C@H](NC(=O)C1=CC=C2C(=O)C=CC=C21)C(=O)O. The van der Waals surface area contributed by atoms with Crippen molar-refractivity contribution in [2.75, 3.05) is 0 Å². The molecule has 110 valence electrons. The normalized spacial score (nSPS) is 19.1. The number of fused-ring (bicyclic) bond motifs is 1. The summed E-state index contributed by atoms with van der Waals surface area (Å²) in [7, 11) is 0. The molecule has 2 atom stereocenters. The van der Waals surface area contributed by atoms with Gasteiger partial charge in [-0.25, -0.2) is 4.79 Å². The van der Waals surface area contributed by atoms with E-state index in [2.05, 4.69) is 5.32 Å². The highest BCUT2D eigenvalue weighted by Gasteiger charge is 2.30. The zero-order valence-electron chi connectivity index (χ0n) is 11.9. The molecule has 0 spiro atoms. The average Bonchev–Trinajstić information content (AvgIpc) is 2.88. The molecule has 0 radical (unpaired) electrons. The minimum atomic E-state index is -1.06. The second kappa shape index (κ2) is 5.91. The van der Waals surface area contributed by atoms with Gasteiger partial charge in [-0.1, -0.05) is 32.4 Å². The number of ketones is 1. The van der Waals surface area contributed by atoms with Crippen LogP contribution in [-0.2, 0) is 14.4 Å². The molecular formula is C16H17NO4. The highest BCUT2D eigenvalue weighted by molar-refractivity contribution is 6.15. The van der Waals surface area contributed by atoms with Crippen molar-refractivity contribution in [2.24, 2.45) is 5.92 Å². The number of carboxylic acids is 1. The van der Waals surface area contributed by atoms with Gasteiger partial charge in [-0.2, -0.15) is 0 Å². The lowest BCUT2D eigenvalue weighted by atomic mass is 9.94. The maximum Gasteiger partial charge on any atom is 0.326 e. The average molecular weight is 287 g/mol. The van der Waals surface area contributed by atoms with Crippen molar-refractivity contribution < 1.29 is 19.5 Å². The largest absolute Gasteiger partial charge is 0.480 e. The fraction of sp³-hybridized carbons (Fsp3) is 0.312. The predicted octanol–water partition coefficient (Wildman–Crippen LogP) is 1.53. The molecule has 0 fully saturated rings. The van der Waals surface area contributed by atoms with Gasteiger partial charge in [0, 0.05) is 11.1 Å². The molecular weight excluding hydrogens is 270 g/mol. The van der Waals surface area contributed by atoms with Gasteiger partial charge in [0.05, 0.1) is 0 Å². The van der Waals surface area contributed by atoms with Crippen LogP contribution in [-0.4, -0.2) is 28.8 Å².